The van der Waals surface area contributed by atoms with E-state index in [4.69, 9.17) is 9.47 Å². The van der Waals surface area contributed by atoms with Gasteiger partial charge in [0, 0.05) is 0 Å². The number of pyridine rings is 1. The van der Waals surface area contributed by atoms with Gasteiger partial charge < -0.3 is 0 Å². The Labute approximate surface area is 174 Å². The molecule has 2 aromatic heterocycles. The molecule has 2 saturated heterocycles. The Hall–Kier alpha value is -1.90. The van der Waals surface area contributed by atoms with Gasteiger partial charge in [-0.15, -0.1) is 0 Å². The van der Waals surface area contributed by atoms with Crippen molar-refractivity contribution in [1.82, 2.24) is 15.0 Å². The molecular formula is C18H21AsF3N5O2. The van der Waals surface area contributed by atoms with Crippen LogP contribution in [0.1, 0.15) is 5.56 Å². The Balaban J connectivity index is 1.82. The van der Waals surface area contributed by atoms with Crippen LogP contribution in [0.25, 0.3) is 11.3 Å². The number of ether oxygens (including phenoxy) is 2. The molecule has 0 spiro atoms. The van der Waals surface area contributed by atoms with Gasteiger partial charge in [0.25, 0.3) is 0 Å². The summed E-state index contributed by atoms with van der Waals surface area (Å²) in [5, 5.41) is 0. The molecule has 4 rings (SSSR count). The van der Waals surface area contributed by atoms with Crippen molar-refractivity contribution < 1.29 is 22.6 Å². The van der Waals surface area contributed by atoms with Gasteiger partial charge in [0.1, 0.15) is 0 Å². The van der Waals surface area contributed by atoms with Crippen molar-refractivity contribution in [3.8, 4) is 11.3 Å². The van der Waals surface area contributed by atoms with Crippen LogP contribution in [0, 0.1) is 0 Å². The van der Waals surface area contributed by atoms with E-state index >= 15 is 0 Å². The zero-order valence-electron chi connectivity index (χ0n) is 15.7. The molecule has 2 aliphatic rings. The summed E-state index contributed by atoms with van der Waals surface area (Å²) >= 11 is 1.04. The predicted molar refractivity (Wildman–Crippen MR) is 105 cm³/mol. The van der Waals surface area contributed by atoms with Crippen LogP contribution in [0.5, 0.6) is 0 Å². The second kappa shape index (κ2) is 8.45. The van der Waals surface area contributed by atoms with E-state index in [1.165, 1.54) is 6.20 Å². The molecular weight excluding hydrogens is 450 g/mol. The number of hydrogen-bond acceptors (Lipinski definition) is 7. The second-order valence-electron chi connectivity index (χ2n) is 6.76. The van der Waals surface area contributed by atoms with Crippen molar-refractivity contribution in [3.63, 3.8) is 0 Å². The molecule has 11 heteroatoms. The van der Waals surface area contributed by atoms with Crippen LogP contribution in [0.4, 0.5) is 24.9 Å². The topological polar surface area (TPSA) is 63.6 Å². The summed E-state index contributed by atoms with van der Waals surface area (Å²) in [6.45, 7) is 4.59. The Morgan fingerprint density at radius 2 is 1.52 bits per heavy atom. The van der Waals surface area contributed by atoms with Crippen LogP contribution in [0.2, 0.25) is 0 Å². The van der Waals surface area contributed by atoms with Gasteiger partial charge >= 0.3 is 174 Å². The molecule has 4 heterocycles. The van der Waals surface area contributed by atoms with E-state index in [0.717, 1.165) is 22.9 Å². The fraction of sp³-hybridized carbons (Fsp3) is 0.500. The third kappa shape index (κ3) is 4.65. The molecule has 7 nitrogen and oxygen atoms in total. The number of anilines is 2. The van der Waals surface area contributed by atoms with Gasteiger partial charge in [-0.2, -0.15) is 0 Å². The van der Waals surface area contributed by atoms with Gasteiger partial charge in [-0.25, -0.2) is 0 Å². The van der Waals surface area contributed by atoms with Crippen molar-refractivity contribution in [2.24, 2.45) is 0 Å². The van der Waals surface area contributed by atoms with Crippen molar-refractivity contribution in [3.05, 3.63) is 23.9 Å². The number of morpholine rings is 2. The summed E-state index contributed by atoms with van der Waals surface area (Å²) < 4.78 is 52.3. The summed E-state index contributed by atoms with van der Waals surface area (Å²) in [6, 6.07) is 2.70. The number of nitrogens with zero attached hydrogens (tertiary/aromatic N) is 5. The monoisotopic (exact) mass is 471 g/mol. The molecule has 29 heavy (non-hydrogen) atoms. The molecule has 2 aromatic rings. The van der Waals surface area contributed by atoms with E-state index in [1.54, 1.807) is 6.07 Å². The summed E-state index contributed by atoms with van der Waals surface area (Å²) in [7, 11) is 0. The van der Waals surface area contributed by atoms with Gasteiger partial charge in [0.2, 0.25) is 0 Å². The van der Waals surface area contributed by atoms with Gasteiger partial charge in [0.15, 0.2) is 0 Å². The standard InChI is InChI=1S/C18H21AsF3N5O2/c19-15-9-13(18(20,21)22)12(11-23-15)14-10-16(26-1-5-28-6-2-26)25-17(24-14)27-3-7-29-8-4-27/h9-11H,1-8,19H2. The third-order valence-electron chi connectivity index (χ3n) is 4.84. The predicted octanol–water partition coefficient (Wildman–Crippen LogP) is 0.489. The van der Waals surface area contributed by atoms with E-state index in [1.807, 2.05) is 9.80 Å². The molecule has 1 unspecified atom stereocenters. The quantitative estimate of drug-likeness (QED) is 0.604. The van der Waals surface area contributed by atoms with E-state index < -0.39 is 11.7 Å². The average Bonchev–Trinajstić information content (AvgIpc) is 2.74. The number of alkyl halides is 3. The molecule has 1 atom stereocenters. The van der Waals surface area contributed by atoms with Crippen molar-refractivity contribution >= 4 is 33.1 Å². The average molecular weight is 471 g/mol. The number of halogens is 3. The molecule has 0 saturated carbocycles. The van der Waals surface area contributed by atoms with Gasteiger partial charge in [0.05, 0.1) is 0 Å². The van der Waals surface area contributed by atoms with Crippen LogP contribution in [-0.4, -0.2) is 84.4 Å². The van der Waals surface area contributed by atoms with Crippen molar-refractivity contribution in [1.29, 1.82) is 0 Å². The maximum atomic E-state index is 13.7. The Morgan fingerprint density at radius 1 is 0.897 bits per heavy atom. The Kier molecular flexibility index (Phi) is 5.94. The van der Waals surface area contributed by atoms with Crippen LogP contribution < -0.4 is 14.3 Å². The molecule has 0 amide bonds. The molecule has 0 aliphatic carbocycles. The van der Waals surface area contributed by atoms with E-state index in [-0.39, 0.29) is 11.3 Å². The first-order valence-corrected chi connectivity index (χ1v) is 10.5. The van der Waals surface area contributed by atoms with Gasteiger partial charge in [-0.3, -0.25) is 0 Å². The molecule has 0 bridgehead atoms. The van der Waals surface area contributed by atoms with E-state index in [2.05, 4.69) is 15.0 Å². The van der Waals surface area contributed by atoms with Crippen LogP contribution in [0.3, 0.4) is 0 Å². The third-order valence-corrected chi connectivity index (χ3v) is 5.50. The SMILES string of the molecule is FC(F)(F)c1cc([AsH2])ncc1-c1cc(N2CCOCC2)nc(N2CCOCC2)n1. The summed E-state index contributed by atoms with van der Waals surface area (Å²) in [5.74, 6) is 1.00. The molecule has 0 aromatic carbocycles. The molecule has 2 fully saturated rings. The number of aromatic nitrogens is 3. The van der Waals surface area contributed by atoms with E-state index in [9.17, 15) is 13.2 Å². The van der Waals surface area contributed by atoms with Gasteiger partial charge in [-0.1, -0.05) is 0 Å². The summed E-state index contributed by atoms with van der Waals surface area (Å²) in [4.78, 5) is 17.2. The van der Waals surface area contributed by atoms with Crippen molar-refractivity contribution in [2.75, 3.05) is 62.4 Å². The zero-order chi connectivity index (χ0) is 20.4. The first-order chi connectivity index (χ1) is 13.9. The van der Waals surface area contributed by atoms with E-state index in [0.29, 0.717) is 68.9 Å². The fourth-order valence-electron chi connectivity index (χ4n) is 3.33. The first kappa shape index (κ1) is 20.4. The normalized spacial score (nSPS) is 18.2. The number of rotatable bonds is 3. The molecule has 2 aliphatic heterocycles. The first-order valence-electron chi connectivity index (χ1n) is 9.29. The molecule has 156 valence electrons. The van der Waals surface area contributed by atoms with Crippen LogP contribution in [-0.2, 0) is 15.7 Å². The molecule has 0 radical (unpaired) electrons. The minimum atomic E-state index is -4.50. The van der Waals surface area contributed by atoms with Gasteiger partial charge in [-0.05, 0) is 0 Å². The summed E-state index contributed by atoms with van der Waals surface area (Å²) in [6.07, 6.45) is -3.24. The zero-order valence-corrected chi connectivity index (χ0v) is 18.1. The van der Waals surface area contributed by atoms with Crippen LogP contribution >= 0.6 is 0 Å². The fourth-order valence-corrected chi connectivity index (χ4v) is 3.84. The van der Waals surface area contributed by atoms with Crippen LogP contribution in [0.15, 0.2) is 18.3 Å². The Bertz CT molecular complexity index is 835. The summed E-state index contributed by atoms with van der Waals surface area (Å²) in [5.41, 5.74) is -0.549. The second-order valence-corrected chi connectivity index (χ2v) is 8.00. The molecule has 0 N–H and O–H groups in total. The Morgan fingerprint density at radius 3 is 2.14 bits per heavy atom. The maximum absolute atomic E-state index is 13.7. The van der Waals surface area contributed by atoms with Crippen molar-refractivity contribution in [2.45, 2.75) is 6.18 Å². The number of hydrogen-bond donors (Lipinski definition) is 0. The minimum absolute atomic E-state index is 0.0367.